The van der Waals surface area contributed by atoms with Crippen molar-refractivity contribution in [2.75, 3.05) is 30.8 Å². The molecule has 1 aliphatic heterocycles. The normalized spacial score (nSPS) is 19.2. The van der Waals surface area contributed by atoms with Crippen LogP contribution in [0.25, 0.3) is 0 Å². The highest BCUT2D eigenvalue weighted by molar-refractivity contribution is 7.90. The second-order valence-corrected chi connectivity index (χ2v) is 7.55. The molecule has 2 rings (SSSR count). The molecule has 0 radical (unpaired) electrons. The Morgan fingerprint density at radius 1 is 1.45 bits per heavy atom. The fourth-order valence-electron chi connectivity index (χ4n) is 2.76. The van der Waals surface area contributed by atoms with Crippen LogP contribution >= 0.6 is 0 Å². The van der Waals surface area contributed by atoms with Crippen LogP contribution < -0.4 is 10.2 Å². The second-order valence-electron chi connectivity index (χ2n) is 5.57. The quantitative estimate of drug-likeness (QED) is 0.652. The predicted molar refractivity (Wildman–Crippen MR) is 85.1 cm³/mol. The first kappa shape index (κ1) is 16.7. The van der Waals surface area contributed by atoms with Gasteiger partial charge >= 0.3 is 0 Å². The molecule has 7 nitrogen and oxygen atoms in total. The van der Waals surface area contributed by atoms with E-state index in [0.29, 0.717) is 24.8 Å². The molecule has 1 aliphatic rings. The number of nitrogens with zero attached hydrogens (tertiary/aromatic N) is 2. The van der Waals surface area contributed by atoms with Crippen molar-refractivity contribution in [2.45, 2.75) is 30.7 Å². The van der Waals surface area contributed by atoms with Crippen molar-refractivity contribution in [1.29, 1.82) is 0 Å². The van der Waals surface area contributed by atoms with Gasteiger partial charge in [-0.05, 0) is 12.5 Å². The van der Waals surface area contributed by atoms with Gasteiger partial charge in [-0.2, -0.15) is 0 Å². The van der Waals surface area contributed by atoms with Gasteiger partial charge in [0, 0.05) is 44.1 Å². The predicted octanol–water partition coefficient (Wildman–Crippen LogP) is 1.58. The topological polar surface area (TPSA) is 92.5 Å². The molecule has 1 saturated heterocycles. The van der Waals surface area contributed by atoms with Gasteiger partial charge in [-0.15, -0.1) is 0 Å². The Labute approximate surface area is 130 Å². The second kappa shape index (κ2) is 6.62. The number of anilines is 1. The summed E-state index contributed by atoms with van der Waals surface area (Å²) in [5.41, 5.74) is 0.347. The molecule has 0 bridgehead atoms. The first-order valence-electron chi connectivity index (χ1n) is 7.29. The van der Waals surface area contributed by atoms with Crippen molar-refractivity contribution in [2.24, 2.45) is 0 Å². The number of sulfone groups is 1. The third-order valence-corrected chi connectivity index (χ3v) is 4.91. The molecule has 0 aliphatic carbocycles. The summed E-state index contributed by atoms with van der Waals surface area (Å²) >= 11 is 0. The summed E-state index contributed by atoms with van der Waals surface area (Å²) in [5, 5.41) is 14.3. The summed E-state index contributed by atoms with van der Waals surface area (Å²) in [6.07, 6.45) is 3.14. The fraction of sp³-hybridized carbons (Fsp3) is 0.571. The Morgan fingerprint density at radius 2 is 2.18 bits per heavy atom. The van der Waals surface area contributed by atoms with E-state index in [9.17, 15) is 18.5 Å². The zero-order valence-electron chi connectivity index (χ0n) is 12.8. The van der Waals surface area contributed by atoms with Crippen molar-refractivity contribution < 1.29 is 13.3 Å². The van der Waals surface area contributed by atoms with E-state index in [1.165, 1.54) is 6.07 Å². The molecule has 122 valence electrons. The average Bonchev–Trinajstić information content (AvgIpc) is 2.46. The first-order chi connectivity index (χ1) is 10.3. The zero-order valence-corrected chi connectivity index (χ0v) is 13.6. The van der Waals surface area contributed by atoms with Gasteiger partial charge in [0.1, 0.15) is 0 Å². The van der Waals surface area contributed by atoms with Gasteiger partial charge in [-0.1, -0.05) is 13.3 Å². The first-order valence-corrected chi connectivity index (χ1v) is 9.19. The number of nitro benzene ring substituents is 1. The van der Waals surface area contributed by atoms with Crippen molar-refractivity contribution in [1.82, 2.24) is 5.32 Å². The highest BCUT2D eigenvalue weighted by atomic mass is 32.2. The molecule has 1 heterocycles. The summed E-state index contributed by atoms with van der Waals surface area (Å²) in [6, 6.07) is 4.37. The van der Waals surface area contributed by atoms with Crippen molar-refractivity contribution in [3.63, 3.8) is 0 Å². The number of hydrogen-bond donors (Lipinski definition) is 1. The Kier molecular flexibility index (Phi) is 5.02. The maximum atomic E-state index is 12.0. The lowest BCUT2D eigenvalue weighted by molar-refractivity contribution is -0.385. The van der Waals surface area contributed by atoms with E-state index < -0.39 is 14.8 Å². The Balaban J connectivity index is 2.39. The number of rotatable bonds is 5. The molecule has 0 unspecified atom stereocenters. The summed E-state index contributed by atoms with van der Waals surface area (Å²) < 4.78 is 24.0. The molecule has 8 heteroatoms. The van der Waals surface area contributed by atoms with Gasteiger partial charge < -0.3 is 10.2 Å². The van der Waals surface area contributed by atoms with Crippen LogP contribution in [0.5, 0.6) is 0 Å². The lowest BCUT2D eigenvalue weighted by Crippen LogP contribution is -2.51. The van der Waals surface area contributed by atoms with Gasteiger partial charge in [0.2, 0.25) is 0 Å². The number of nitrogens with one attached hydrogen (secondary N) is 1. The SMILES string of the molecule is CCC[C@H]1CN(c2ccc([N+](=O)[O-])cc2S(C)(=O)=O)CCN1. The van der Waals surface area contributed by atoms with Crippen LogP contribution in [-0.2, 0) is 9.84 Å². The van der Waals surface area contributed by atoms with Crippen molar-refractivity contribution in [3.8, 4) is 0 Å². The molecule has 1 N–H and O–H groups in total. The molecule has 1 fully saturated rings. The van der Waals surface area contributed by atoms with Crippen LogP contribution in [0.15, 0.2) is 23.1 Å². The Bertz CT molecular complexity index is 658. The van der Waals surface area contributed by atoms with E-state index in [2.05, 4.69) is 12.2 Å². The van der Waals surface area contributed by atoms with E-state index in [4.69, 9.17) is 0 Å². The standard InChI is InChI=1S/C14H21N3O4S/c1-3-4-11-10-16(8-7-15-11)13-6-5-12(17(18)19)9-14(13)22(2,20)21/h5-6,9,11,15H,3-4,7-8,10H2,1-2H3/t11-/m0/s1. The molecule has 22 heavy (non-hydrogen) atoms. The van der Waals surface area contributed by atoms with Gasteiger partial charge in [0.05, 0.1) is 15.5 Å². The highest BCUT2D eigenvalue weighted by Crippen LogP contribution is 2.30. The summed E-state index contributed by atoms with van der Waals surface area (Å²) in [6.45, 7) is 4.26. The van der Waals surface area contributed by atoms with Gasteiger partial charge in [-0.3, -0.25) is 10.1 Å². The zero-order chi connectivity index (χ0) is 16.3. The van der Waals surface area contributed by atoms with Gasteiger partial charge in [0.15, 0.2) is 9.84 Å². The minimum Gasteiger partial charge on any atom is -0.368 e. The smallest absolute Gasteiger partial charge is 0.270 e. The van der Waals surface area contributed by atoms with Crippen molar-refractivity contribution in [3.05, 3.63) is 28.3 Å². The lowest BCUT2D eigenvalue weighted by atomic mass is 10.1. The molecule has 0 amide bonds. The van der Waals surface area contributed by atoms with Crippen LogP contribution in [-0.4, -0.2) is 45.3 Å². The number of non-ortho nitro benzene ring substituents is 1. The van der Waals surface area contributed by atoms with Crippen LogP contribution in [0, 0.1) is 10.1 Å². The van der Waals surface area contributed by atoms with Crippen LogP contribution in [0.4, 0.5) is 11.4 Å². The van der Waals surface area contributed by atoms with Crippen LogP contribution in [0.3, 0.4) is 0 Å². The minimum absolute atomic E-state index is 0.0267. The van der Waals surface area contributed by atoms with E-state index >= 15 is 0 Å². The number of benzene rings is 1. The fourth-order valence-corrected chi connectivity index (χ4v) is 3.67. The van der Waals surface area contributed by atoms with Gasteiger partial charge in [-0.25, -0.2) is 8.42 Å². The van der Waals surface area contributed by atoms with E-state index in [0.717, 1.165) is 31.7 Å². The van der Waals surface area contributed by atoms with E-state index in [1.54, 1.807) is 6.07 Å². The third-order valence-electron chi connectivity index (χ3n) is 3.79. The Morgan fingerprint density at radius 3 is 2.77 bits per heavy atom. The summed E-state index contributed by atoms with van der Waals surface area (Å²) in [7, 11) is -3.54. The molecule has 1 aromatic carbocycles. The monoisotopic (exact) mass is 327 g/mol. The van der Waals surface area contributed by atoms with Gasteiger partial charge in [0.25, 0.3) is 5.69 Å². The number of nitro groups is 1. The largest absolute Gasteiger partial charge is 0.368 e. The Hall–Kier alpha value is -1.67. The molecule has 0 saturated carbocycles. The molecular formula is C14H21N3O4S. The molecular weight excluding hydrogens is 306 g/mol. The molecule has 1 aromatic rings. The van der Waals surface area contributed by atoms with Crippen molar-refractivity contribution >= 4 is 21.2 Å². The van der Waals surface area contributed by atoms with Crippen LogP contribution in [0.1, 0.15) is 19.8 Å². The van der Waals surface area contributed by atoms with E-state index in [-0.39, 0.29) is 10.6 Å². The number of hydrogen-bond acceptors (Lipinski definition) is 6. The minimum atomic E-state index is -3.54. The third kappa shape index (κ3) is 3.75. The molecule has 0 spiro atoms. The highest BCUT2D eigenvalue weighted by Gasteiger charge is 2.25. The lowest BCUT2D eigenvalue weighted by Gasteiger charge is -2.36. The number of piperazine rings is 1. The van der Waals surface area contributed by atoms with E-state index in [1.807, 2.05) is 4.90 Å². The summed E-state index contributed by atoms with van der Waals surface area (Å²) in [5.74, 6) is 0. The summed E-state index contributed by atoms with van der Waals surface area (Å²) in [4.78, 5) is 12.3. The molecule has 1 atom stereocenters. The maximum absolute atomic E-state index is 12.0. The average molecular weight is 327 g/mol. The maximum Gasteiger partial charge on any atom is 0.270 e. The molecule has 0 aromatic heterocycles. The van der Waals surface area contributed by atoms with Crippen LogP contribution in [0.2, 0.25) is 0 Å².